The van der Waals surface area contributed by atoms with Crippen LogP contribution in [0.2, 0.25) is 0 Å². The van der Waals surface area contributed by atoms with Crippen molar-refractivity contribution in [2.75, 3.05) is 0 Å². The molecule has 72 valence electrons. The molecule has 0 radical (unpaired) electrons. The van der Waals surface area contributed by atoms with E-state index in [-0.39, 0.29) is 0 Å². The standard InChI is InChI=1S/C10H17N3/c1-2-3-4-5-6-7-8-10-9-11-13-12-10/h7-9H,2-6H2,1H3,(H,11,12,13). The average Bonchev–Trinajstić information content (AvgIpc) is 2.63. The van der Waals surface area contributed by atoms with Gasteiger partial charge in [0, 0.05) is 6.20 Å². The number of aromatic nitrogens is 3. The van der Waals surface area contributed by atoms with Gasteiger partial charge in [0.05, 0.1) is 0 Å². The number of unbranched alkanes of at least 4 members (excludes halogenated alkanes) is 4. The molecule has 0 bridgehead atoms. The highest BCUT2D eigenvalue weighted by molar-refractivity contribution is 5.41. The summed E-state index contributed by atoms with van der Waals surface area (Å²) in [5.74, 6) is 0. The van der Waals surface area contributed by atoms with Gasteiger partial charge in [-0.1, -0.05) is 37.5 Å². The minimum absolute atomic E-state index is 0.912. The third kappa shape index (κ3) is 4.45. The van der Waals surface area contributed by atoms with E-state index in [4.69, 9.17) is 0 Å². The highest BCUT2D eigenvalue weighted by Gasteiger charge is 1.87. The maximum Gasteiger partial charge on any atom is 0.105 e. The molecule has 0 spiro atoms. The van der Waals surface area contributed by atoms with Gasteiger partial charge in [0.1, 0.15) is 5.69 Å². The molecule has 0 amide bonds. The van der Waals surface area contributed by atoms with Crippen molar-refractivity contribution < 1.29 is 0 Å². The number of H-pyrrole nitrogens is 1. The zero-order chi connectivity index (χ0) is 9.36. The second-order valence-corrected chi connectivity index (χ2v) is 3.15. The molecule has 0 aliphatic carbocycles. The summed E-state index contributed by atoms with van der Waals surface area (Å²) in [5, 5.41) is 10.2. The molecule has 0 saturated carbocycles. The molecule has 3 heteroatoms. The first-order valence-corrected chi connectivity index (χ1v) is 4.96. The molecule has 0 fully saturated rings. The number of hydrogen-bond acceptors (Lipinski definition) is 2. The summed E-state index contributed by atoms with van der Waals surface area (Å²) < 4.78 is 0. The monoisotopic (exact) mass is 179 g/mol. The van der Waals surface area contributed by atoms with Crippen molar-refractivity contribution in [2.24, 2.45) is 0 Å². The van der Waals surface area contributed by atoms with Gasteiger partial charge in [0.25, 0.3) is 0 Å². The summed E-state index contributed by atoms with van der Waals surface area (Å²) in [7, 11) is 0. The molecule has 1 aromatic rings. The molecule has 13 heavy (non-hydrogen) atoms. The van der Waals surface area contributed by atoms with Gasteiger partial charge in [-0.3, -0.25) is 5.10 Å². The molecule has 0 aliphatic heterocycles. The molecular formula is C10H17N3. The van der Waals surface area contributed by atoms with Crippen LogP contribution in [0.25, 0.3) is 6.08 Å². The Balaban J connectivity index is 2.05. The molecule has 0 aromatic carbocycles. The zero-order valence-corrected chi connectivity index (χ0v) is 8.16. The van der Waals surface area contributed by atoms with Crippen LogP contribution >= 0.6 is 0 Å². The largest absolute Gasteiger partial charge is 0.265 e. The highest BCUT2D eigenvalue weighted by Crippen LogP contribution is 2.04. The van der Waals surface area contributed by atoms with Crippen LogP contribution in [0.3, 0.4) is 0 Å². The quantitative estimate of drug-likeness (QED) is 0.682. The second kappa shape index (κ2) is 6.40. The summed E-state index contributed by atoms with van der Waals surface area (Å²) in [4.78, 5) is 0. The van der Waals surface area contributed by atoms with E-state index in [1.807, 2.05) is 6.08 Å². The lowest BCUT2D eigenvalue weighted by Crippen LogP contribution is -1.74. The van der Waals surface area contributed by atoms with Crippen molar-refractivity contribution in [2.45, 2.75) is 39.0 Å². The molecular weight excluding hydrogens is 162 g/mol. The Morgan fingerprint density at radius 1 is 1.38 bits per heavy atom. The number of nitrogens with one attached hydrogen (secondary N) is 1. The van der Waals surface area contributed by atoms with Gasteiger partial charge < -0.3 is 0 Å². The molecule has 0 saturated heterocycles. The zero-order valence-electron chi connectivity index (χ0n) is 8.16. The Labute approximate surface area is 79.2 Å². The lowest BCUT2D eigenvalue weighted by atomic mass is 10.1. The van der Waals surface area contributed by atoms with Crippen LogP contribution in [0, 0.1) is 0 Å². The van der Waals surface area contributed by atoms with Gasteiger partial charge in [0.2, 0.25) is 0 Å². The van der Waals surface area contributed by atoms with Gasteiger partial charge in [-0.25, -0.2) is 0 Å². The Kier molecular flexibility index (Phi) is 4.91. The third-order valence-electron chi connectivity index (χ3n) is 1.95. The minimum Gasteiger partial charge on any atom is -0.265 e. The van der Waals surface area contributed by atoms with Gasteiger partial charge in [0.15, 0.2) is 0 Å². The molecule has 1 aromatic heterocycles. The van der Waals surface area contributed by atoms with E-state index in [0.717, 1.165) is 12.1 Å². The van der Waals surface area contributed by atoms with Gasteiger partial charge in [-0.15, -0.1) is 5.10 Å². The van der Waals surface area contributed by atoms with E-state index in [1.54, 1.807) is 6.20 Å². The summed E-state index contributed by atoms with van der Waals surface area (Å²) in [6.07, 6.45) is 12.4. The fourth-order valence-electron chi connectivity index (χ4n) is 1.18. The normalized spacial score (nSPS) is 11.2. The SMILES string of the molecule is CCCCCCC=Cc1c[nH]nn1. The van der Waals surface area contributed by atoms with E-state index < -0.39 is 0 Å². The average molecular weight is 179 g/mol. The Morgan fingerprint density at radius 3 is 3.00 bits per heavy atom. The van der Waals surface area contributed by atoms with E-state index in [9.17, 15) is 0 Å². The summed E-state index contributed by atoms with van der Waals surface area (Å²) >= 11 is 0. The fourth-order valence-corrected chi connectivity index (χ4v) is 1.18. The second-order valence-electron chi connectivity index (χ2n) is 3.15. The van der Waals surface area contributed by atoms with E-state index in [0.29, 0.717) is 0 Å². The van der Waals surface area contributed by atoms with Crippen LogP contribution in [0.4, 0.5) is 0 Å². The van der Waals surface area contributed by atoms with Crippen LogP contribution < -0.4 is 0 Å². The number of rotatable bonds is 6. The van der Waals surface area contributed by atoms with Crippen LogP contribution in [-0.2, 0) is 0 Å². The van der Waals surface area contributed by atoms with Crippen molar-refractivity contribution in [3.8, 4) is 0 Å². The van der Waals surface area contributed by atoms with Gasteiger partial charge in [-0.2, -0.15) is 0 Å². The van der Waals surface area contributed by atoms with Crippen LogP contribution in [0.5, 0.6) is 0 Å². The number of nitrogens with zero attached hydrogens (tertiary/aromatic N) is 2. The Morgan fingerprint density at radius 2 is 2.31 bits per heavy atom. The molecule has 3 nitrogen and oxygen atoms in total. The molecule has 0 atom stereocenters. The first-order chi connectivity index (χ1) is 6.43. The van der Waals surface area contributed by atoms with Crippen molar-refractivity contribution in [1.29, 1.82) is 0 Å². The molecule has 1 heterocycles. The van der Waals surface area contributed by atoms with E-state index in [1.165, 1.54) is 25.7 Å². The fraction of sp³-hybridized carbons (Fsp3) is 0.600. The lowest BCUT2D eigenvalue weighted by Gasteiger charge is -1.93. The smallest absolute Gasteiger partial charge is 0.105 e. The maximum atomic E-state index is 3.86. The topological polar surface area (TPSA) is 41.6 Å². The molecule has 0 aliphatic rings. The van der Waals surface area contributed by atoms with Crippen LogP contribution in [0.1, 0.15) is 44.7 Å². The highest BCUT2D eigenvalue weighted by atomic mass is 15.3. The predicted octanol–water partition coefficient (Wildman–Crippen LogP) is 2.79. The molecule has 0 unspecified atom stereocenters. The Hall–Kier alpha value is -1.12. The van der Waals surface area contributed by atoms with Gasteiger partial charge >= 0.3 is 0 Å². The van der Waals surface area contributed by atoms with Crippen molar-refractivity contribution in [3.63, 3.8) is 0 Å². The van der Waals surface area contributed by atoms with Crippen LogP contribution in [0.15, 0.2) is 12.3 Å². The lowest BCUT2D eigenvalue weighted by molar-refractivity contribution is 0.675. The van der Waals surface area contributed by atoms with E-state index >= 15 is 0 Å². The van der Waals surface area contributed by atoms with Gasteiger partial charge in [-0.05, 0) is 18.9 Å². The summed E-state index contributed by atoms with van der Waals surface area (Å²) in [6.45, 7) is 2.23. The Bertz CT molecular complexity index is 226. The minimum atomic E-state index is 0.912. The van der Waals surface area contributed by atoms with Crippen LogP contribution in [-0.4, -0.2) is 15.4 Å². The summed E-state index contributed by atoms with van der Waals surface area (Å²) in [5.41, 5.74) is 0.912. The summed E-state index contributed by atoms with van der Waals surface area (Å²) in [6, 6.07) is 0. The first-order valence-electron chi connectivity index (χ1n) is 4.96. The molecule has 1 N–H and O–H groups in total. The van der Waals surface area contributed by atoms with Crippen molar-refractivity contribution in [3.05, 3.63) is 18.0 Å². The first kappa shape index (κ1) is 9.96. The van der Waals surface area contributed by atoms with Crippen molar-refractivity contribution >= 4 is 6.08 Å². The molecule has 1 rings (SSSR count). The maximum absolute atomic E-state index is 3.86. The number of hydrogen-bond donors (Lipinski definition) is 1. The van der Waals surface area contributed by atoms with Crippen molar-refractivity contribution in [1.82, 2.24) is 15.4 Å². The number of aromatic amines is 1. The van der Waals surface area contributed by atoms with E-state index in [2.05, 4.69) is 28.4 Å². The predicted molar refractivity (Wildman–Crippen MR) is 54.2 cm³/mol. The number of allylic oxidation sites excluding steroid dienone is 1. The third-order valence-corrected chi connectivity index (χ3v) is 1.95.